The lowest BCUT2D eigenvalue weighted by molar-refractivity contribution is -0.209. The molecule has 0 aliphatic carbocycles. The summed E-state index contributed by atoms with van der Waals surface area (Å²) in [5, 5.41) is 9.41. The van der Waals surface area contributed by atoms with Crippen LogP contribution in [0.25, 0.3) is 0 Å². The van der Waals surface area contributed by atoms with Crippen molar-refractivity contribution in [2.24, 2.45) is 11.8 Å². The third-order valence-electron chi connectivity index (χ3n) is 5.74. The third-order valence-corrected chi connectivity index (χ3v) is 5.74. The van der Waals surface area contributed by atoms with Crippen LogP contribution in [-0.4, -0.2) is 36.6 Å². The highest BCUT2D eigenvalue weighted by atomic mass is 16.6. The molecule has 5 atom stereocenters. The van der Waals surface area contributed by atoms with Crippen LogP contribution in [0.3, 0.4) is 0 Å². The van der Waals surface area contributed by atoms with E-state index < -0.39 is 0 Å². The maximum atomic E-state index is 9.41. The maximum Gasteiger partial charge on any atom is 0.108 e. The van der Waals surface area contributed by atoms with Gasteiger partial charge in [0.1, 0.15) is 6.10 Å². The van der Waals surface area contributed by atoms with Crippen LogP contribution >= 0.6 is 0 Å². The Bertz CT molecular complexity index is 676. The minimum Gasteiger partial charge on any atom is -0.396 e. The van der Waals surface area contributed by atoms with Gasteiger partial charge >= 0.3 is 0 Å². The van der Waals surface area contributed by atoms with Gasteiger partial charge in [-0.2, -0.15) is 0 Å². The molecule has 152 valence electrons. The Morgan fingerprint density at radius 2 is 1.43 bits per heavy atom. The van der Waals surface area contributed by atoms with Crippen LogP contribution in [0.1, 0.15) is 31.4 Å². The summed E-state index contributed by atoms with van der Waals surface area (Å²) in [6.45, 7) is 6.14. The van der Waals surface area contributed by atoms with Gasteiger partial charge < -0.3 is 19.3 Å². The number of aliphatic hydroxyl groups is 1. The van der Waals surface area contributed by atoms with E-state index in [0.29, 0.717) is 38.1 Å². The quantitative estimate of drug-likeness (QED) is 0.704. The molecule has 2 aromatic carbocycles. The van der Waals surface area contributed by atoms with E-state index in [-0.39, 0.29) is 24.9 Å². The Balaban J connectivity index is 1.63. The van der Waals surface area contributed by atoms with E-state index >= 15 is 0 Å². The van der Waals surface area contributed by atoms with E-state index in [1.165, 1.54) is 0 Å². The van der Waals surface area contributed by atoms with Gasteiger partial charge in [-0.1, -0.05) is 74.5 Å². The zero-order valence-corrected chi connectivity index (χ0v) is 16.9. The first kappa shape index (κ1) is 21.0. The second-order valence-corrected chi connectivity index (χ2v) is 7.71. The normalized spacial score (nSPS) is 27.6. The zero-order chi connectivity index (χ0) is 19.8. The number of ether oxygens (including phenoxy) is 3. The first-order valence-corrected chi connectivity index (χ1v) is 10.2. The number of hydrogen-bond acceptors (Lipinski definition) is 4. The molecule has 1 aliphatic heterocycles. The molecule has 4 nitrogen and oxygen atoms in total. The predicted molar refractivity (Wildman–Crippen MR) is 110 cm³/mol. The number of hydrogen-bond donors (Lipinski definition) is 1. The summed E-state index contributed by atoms with van der Waals surface area (Å²) >= 11 is 0. The maximum absolute atomic E-state index is 9.41. The van der Waals surface area contributed by atoms with Crippen molar-refractivity contribution in [3.8, 4) is 0 Å². The molecule has 0 amide bonds. The van der Waals surface area contributed by atoms with Gasteiger partial charge in [-0.15, -0.1) is 0 Å². The van der Waals surface area contributed by atoms with Gasteiger partial charge in [0, 0.05) is 6.61 Å². The Labute approximate surface area is 168 Å². The summed E-state index contributed by atoms with van der Waals surface area (Å²) in [7, 11) is 0. The molecule has 1 heterocycles. The molecule has 4 heteroatoms. The lowest BCUT2D eigenvalue weighted by atomic mass is 9.80. The lowest BCUT2D eigenvalue weighted by Gasteiger charge is -2.44. The smallest absolute Gasteiger partial charge is 0.108 e. The molecule has 28 heavy (non-hydrogen) atoms. The lowest BCUT2D eigenvalue weighted by Crippen LogP contribution is -2.52. The summed E-state index contributed by atoms with van der Waals surface area (Å²) < 4.78 is 18.6. The van der Waals surface area contributed by atoms with Crippen molar-refractivity contribution in [2.75, 3.05) is 13.2 Å². The standard InChI is InChI=1S/C24H32O4/c1-18-19(2)24(27-16-21-11-7-4-8-12-21)23(28-22(18)13-14-25)17-26-15-20-9-5-3-6-10-20/h3-12,18-19,22-25H,13-17H2,1-2H3/t18-,19+,22+,23+,24-/m0/s1. The second kappa shape index (κ2) is 10.7. The van der Waals surface area contributed by atoms with E-state index in [1.54, 1.807) is 0 Å². The van der Waals surface area contributed by atoms with Gasteiger partial charge in [0.2, 0.25) is 0 Å². The fourth-order valence-electron chi connectivity index (χ4n) is 3.89. The number of benzene rings is 2. The monoisotopic (exact) mass is 384 g/mol. The Hall–Kier alpha value is -1.72. The van der Waals surface area contributed by atoms with Crippen molar-refractivity contribution < 1.29 is 19.3 Å². The molecule has 1 saturated heterocycles. The van der Waals surface area contributed by atoms with Crippen molar-refractivity contribution in [1.82, 2.24) is 0 Å². The molecule has 1 N–H and O–H groups in total. The topological polar surface area (TPSA) is 47.9 Å². The molecule has 3 rings (SSSR count). The molecule has 2 aromatic rings. The molecule has 0 spiro atoms. The molecule has 1 aliphatic rings. The van der Waals surface area contributed by atoms with Crippen molar-refractivity contribution >= 4 is 0 Å². The van der Waals surface area contributed by atoms with E-state index in [9.17, 15) is 5.11 Å². The second-order valence-electron chi connectivity index (χ2n) is 7.71. The van der Waals surface area contributed by atoms with Crippen LogP contribution in [0, 0.1) is 11.8 Å². The van der Waals surface area contributed by atoms with Gasteiger partial charge in [-0.25, -0.2) is 0 Å². The summed E-state index contributed by atoms with van der Waals surface area (Å²) in [6, 6.07) is 20.4. The third kappa shape index (κ3) is 5.65. The van der Waals surface area contributed by atoms with Crippen LogP contribution in [0.2, 0.25) is 0 Å². The highest BCUT2D eigenvalue weighted by Crippen LogP contribution is 2.34. The van der Waals surface area contributed by atoms with Gasteiger partial charge in [-0.05, 0) is 29.4 Å². The van der Waals surface area contributed by atoms with Crippen LogP contribution in [0.15, 0.2) is 60.7 Å². The van der Waals surface area contributed by atoms with Crippen molar-refractivity contribution in [3.05, 3.63) is 71.8 Å². The first-order valence-electron chi connectivity index (χ1n) is 10.2. The summed E-state index contributed by atoms with van der Waals surface area (Å²) in [6.07, 6.45) is 0.490. The fourth-order valence-corrected chi connectivity index (χ4v) is 3.89. The Morgan fingerprint density at radius 3 is 2.04 bits per heavy atom. The van der Waals surface area contributed by atoms with Crippen LogP contribution in [0.5, 0.6) is 0 Å². The summed E-state index contributed by atoms with van der Waals surface area (Å²) in [5.41, 5.74) is 2.30. The molecular formula is C24H32O4. The highest BCUT2D eigenvalue weighted by molar-refractivity contribution is 5.14. The zero-order valence-electron chi connectivity index (χ0n) is 16.9. The van der Waals surface area contributed by atoms with Crippen LogP contribution < -0.4 is 0 Å². The van der Waals surface area contributed by atoms with Crippen molar-refractivity contribution in [3.63, 3.8) is 0 Å². The average Bonchev–Trinajstić information content (AvgIpc) is 2.73. The Kier molecular flexibility index (Phi) is 8.04. The Morgan fingerprint density at radius 1 is 0.821 bits per heavy atom. The molecule has 0 unspecified atom stereocenters. The molecule has 1 fully saturated rings. The molecular weight excluding hydrogens is 352 g/mol. The van der Waals surface area contributed by atoms with E-state index in [4.69, 9.17) is 14.2 Å². The SMILES string of the molecule is C[C@@H]1[C@H](C)[C@@H](CCO)O[C@H](COCc2ccccc2)[C@H]1OCc1ccccc1. The van der Waals surface area contributed by atoms with Gasteiger partial charge in [0.25, 0.3) is 0 Å². The number of aliphatic hydroxyl groups excluding tert-OH is 1. The molecule has 0 radical (unpaired) electrons. The minimum atomic E-state index is -0.143. The summed E-state index contributed by atoms with van der Waals surface area (Å²) in [4.78, 5) is 0. The molecule has 0 bridgehead atoms. The van der Waals surface area contributed by atoms with E-state index in [2.05, 4.69) is 38.1 Å². The van der Waals surface area contributed by atoms with Crippen LogP contribution in [-0.2, 0) is 27.4 Å². The summed E-state index contributed by atoms with van der Waals surface area (Å²) in [5.74, 6) is 0.637. The first-order chi connectivity index (χ1) is 13.7. The van der Waals surface area contributed by atoms with Crippen LogP contribution in [0.4, 0.5) is 0 Å². The average molecular weight is 385 g/mol. The fraction of sp³-hybridized carbons (Fsp3) is 0.500. The molecule has 0 aromatic heterocycles. The molecule has 0 saturated carbocycles. The van der Waals surface area contributed by atoms with Gasteiger partial charge in [0.15, 0.2) is 0 Å². The number of rotatable bonds is 9. The van der Waals surface area contributed by atoms with Gasteiger partial charge in [0.05, 0.1) is 32.0 Å². The largest absolute Gasteiger partial charge is 0.396 e. The predicted octanol–water partition coefficient (Wildman–Crippen LogP) is 4.21. The van der Waals surface area contributed by atoms with Crippen molar-refractivity contribution in [1.29, 1.82) is 0 Å². The van der Waals surface area contributed by atoms with Gasteiger partial charge in [-0.3, -0.25) is 0 Å². The van der Waals surface area contributed by atoms with E-state index in [0.717, 1.165) is 11.1 Å². The minimum absolute atomic E-state index is 0.0295. The van der Waals surface area contributed by atoms with E-state index in [1.807, 2.05) is 36.4 Å². The van der Waals surface area contributed by atoms with Crippen molar-refractivity contribution in [2.45, 2.75) is 51.8 Å². The highest BCUT2D eigenvalue weighted by Gasteiger charge is 2.41.